The molecule has 1 saturated heterocycles. The fourth-order valence-electron chi connectivity index (χ4n) is 1.55. The van der Waals surface area contributed by atoms with Gasteiger partial charge in [0.05, 0.1) is 18.8 Å². The number of ether oxygens (including phenoxy) is 2. The summed E-state index contributed by atoms with van der Waals surface area (Å²) in [7, 11) is 0. The van der Waals surface area contributed by atoms with Crippen molar-refractivity contribution in [2.45, 2.75) is 38.4 Å². The summed E-state index contributed by atoms with van der Waals surface area (Å²) >= 11 is 0. The second-order valence-corrected chi connectivity index (χ2v) is 3.67. The first-order valence-electron chi connectivity index (χ1n) is 4.82. The van der Waals surface area contributed by atoms with E-state index in [0.29, 0.717) is 6.61 Å². The molecule has 5 atom stereocenters. The van der Waals surface area contributed by atoms with Crippen molar-refractivity contribution in [1.82, 2.24) is 0 Å². The Hall–Kier alpha value is -0.420. The van der Waals surface area contributed by atoms with Crippen molar-refractivity contribution in [1.29, 1.82) is 0 Å². The molecule has 2 N–H and O–H groups in total. The Labute approximate surface area is 84.1 Å². The third-order valence-corrected chi connectivity index (χ3v) is 2.56. The van der Waals surface area contributed by atoms with Gasteiger partial charge >= 0.3 is 0 Å². The van der Waals surface area contributed by atoms with Crippen LogP contribution in [0, 0.1) is 5.92 Å². The molecule has 0 aliphatic carbocycles. The molecule has 0 amide bonds. The first kappa shape index (κ1) is 11.7. The van der Waals surface area contributed by atoms with Crippen LogP contribution in [-0.2, 0) is 9.47 Å². The summed E-state index contributed by atoms with van der Waals surface area (Å²) in [5.74, 6) is -0.242. The van der Waals surface area contributed by atoms with E-state index in [4.69, 9.17) is 9.47 Å². The smallest absolute Gasteiger partial charge is 0.184 e. The zero-order valence-electron chi connectivity index (χ0n) is 8.59. The summed E-state index contributed by atoms with van der Waals surface area (Å²) in [5.41, 5.74) is 0. The van der Waals surface area contributed by atoms with E-state index in [-0.39, 0.29) is 12.0 Å². The number of hydrogen-bond acceptors (Lipinski definition) is 4. The summed E-state index contributed by atoms with van der Waals surface area (Å²) in [5, 5.41) is 19.3. The van der Waals surface area contributed by atoms with Gasteiger partial charge in [0.1, 0.15) is 6.10 Å². The van der Waals surface area contributed by atoms with Crippen LogP contribution < -0.4 is 0 Å². The van der Waals surface area contributed by atoms with Gasteiger partial charge in [-0.1, -0.05) is 13.0 Å². The largest absolute Gasteiger partial charge is 0.390 e. The van der Waals surface area contributed by atoms with E-state index in [9.17, 15) is 10.2 Å². The molecule has 0 spiro atoms. The van der Waals surface area contributed by atoms with Gasteiger partial charge in [-0.15, -0.1) is 6.58 Å². The molecule has 0 aromatic rings. The van der Waals surface area contributed by atoms with Crippen LogP contribution in [0.5, 0.6) is 0 Å². The van der Waals surface area contributed by atoms with Crippen LogP contribution >= 0.6 is 0 Å². The third kappa shape index (κ3) is 2.33. The molecule has 2 unspecified atom stereocenters. The average molecular weight is 202 g/mol. The van der Waals surface area contributed by atoms with Gasteiger partial charge in [-0.05, 0) is 6.92 Å². The topological polar surface area (TPSA) is 58.9 Å². The summed E-state index contributed by atoms with van der Waals surface area (Å²) in [6, 6.07) is 0. The minimum atomic E-state index is -0.791. The van der Waals surface area contributed by atoms with Gasteiger partial charge in [0.25, 0.3) is 0 Å². The van der Waals surface area contributed by atoms with Crippen molar-refractivity contribution in [2.24, 2.45) is 5.92 Å². The van der Waals surface area contributed by atoms with Crippen molar-refractivity contribution in [3.63, 3.8) is 0 Å². The second-order valence-electron chi connectivity index (χ2n) is 3.67. The molecular weight excluding hydrogens is 184 g/mol. The Balaban J connectivity index is 2.55. The van der Waals surface area contributed by atoms with Crippen molar-refractivity contribution in [3.8, 4) is 0 Å². The maximum Gasteiger partial charge on any atom is 0.184 e. The van der Waals surface area contributed by atoms with Crippen molar-refractivity contribution < 1.29 is 19.7 Å². The Kier molecular flexibility index (Phi) is 4.07. The van der Waals surface area contributed by atoms with Gasteiger partial charge in [-0.2, -0.15) is 0 Å². The highest BCUT2D eigenvalue weighted by molar-refractivity contribution is 4.85. The molecule has 4 heteroatoms. The first-order valence-corrected chi connectivity index (χ1v) is 4.82. The standard InChI is InChI=1S/C10H18O4/c1-4-5-13-10-9(12)6(2)8(11)7(3)14-10/h4,6-12H,1,5H2,2-3H3/t6?,7?,8-,9-,10+/m1/s1. The first-order chi connectivity index (χ1) is 6.57. The highest BCUT2D eigenvalue weighted by Crippen LogP contribution is 2.26. The normalized spacial score (nSPS) is 43.6. The fourth-order valence-corrected chi connectivity index (χ4v) is 1.55. The second kappa shape index (κ2) is 4.89. The lowest BCUT2D eigenvalue weighted by Crippen LogP contribution is -2.52. The van der Waals surface area contributed by atoms with Crippen LogP contribution in [0.25, 0.3) is 0 Å². The molecule has 4 nitrogen and oxygen atoms in total. The average Bonchev–Trinajstić information content (AvgIpc) is 2.18. The summed E-state index contributed by atoms with van der Waals surface area (Å²) in [6.07, 6.45) is -0.824. The number of aliphatic hydroxyl groups is 2. The predicted octanol–water partition coefficient (Wildman–Crippen LogP) is 0.292. The molecule has 14 heavy (non-hydrogen) atoms. The van der Waals surface area contributed by atoms with E-state index in [1.807, 2.05) is 0 Å². The Morgan fingerprint density at radius 3 is 2.57 bits per heavy atom. The molecule has 1 aliphatic rings. The van der Waals surface area contributed by atoms with Crippen LogP contribution in [0.15, 0.2) is 12.7 Å². The number of hydrogen-bond donors (Lipinski definition) is 2. The van der Waals surface area contributed by atoms with E-state index < -0.39 is 18.5 Å². The van der Waals surface area contributed by atoms with E-state index in [2.05, 4.69) is 6.58 Å². The molecule has 0 bridgehead atoms. The highest BCUT2D eigenvalue weighted by atomic mass is 16.7. The molecule has 1 rings (SSSR count). The quantitative estimate of drug-likeness (QED) is 0.646. The molecular formula is C10H18O4. The van der Waals surface area contributed by atoms with Gasteiger partial charge in [0.2, 0.25) is 0 Å². The minimum Gasteiger partial charge on any atom is -0.390 e. The van der Waals surface area contributed by atoms with E-state index in [1.54, 1.807) is 19.9 Å². The van der Waals surface area contributed by atoms with Gasteiger partial charge < -0.3 is 19.7 Å². The molecule has 0 aromatic carbocycles. The monoisotopic (exact) mass is 202 g/mol. The van der Waals surface area contributed by atoms with Crippen molar-refractivity contribution in [2.75, 3.05) is 6.61 Å². The Bertz CT molecular complexity index is 195. The lowest BCUT2D eigenvalue weighted by molar-refractivity contribution is -0.275. The van der Waals surface area contributed by atoms with Crippen LogP contribution in [-0.4, -0.2) is 41.4 Å². The molecule has 1 heterocycles. The van der Waals surface area contributed by atoms with Gasteiger partial charge in [0.15, 0.2) is 6.29 Å². The lowest BCUT2D eigenvalue weighted by atomic mass is 9.91. The van der Waals surface area contributed by atoms with Crippen LogP contribution in [0.2, 0.25) is 0 Å². The maximum atomic E-state index is 9.71. The van der Waals surface area contributed by atoms with E-state index in [1.165, 1.54) is 0 Å². The summed E-state index contributed by atoms with van der Waals surface area (Å²) in [6.45, 7) is 7.38. The van der Waals surface area contributed by atoms with Crippen LogP contribution in [0.1, 0.15) is 13.8 Å². The molecule has 1 fully saturated rings. The minimum absolute atomic E-state index is 0.242. The zero-order valence-corrected chi connectivity index (χ0v) is 8.59. The van der Waals surface area contributed by atoms with E-state index in [0.717, 1.165) is 0 Å². The predicted molar refractivity (Wildman–Crippen MR) is 51.7 cm³/mol. The van der Waals surface area contributed by atoms with Crippen LogP contribution in [0.3, 0.4) is 0 Å². The van der Waals surface area contributed by atoms with Crippen molar-refractivity contribution >= 4 is 0 Å². The molecule has 0 aromatic heterocycles. The fraction of sp³-hybridized carbons (Fsp3) is 0.800. The van der Waals surface area contributed by atoms with E-state index >= 15 is 0 Å². The molecule has 82 valence electrons. The van der Waals surface area contributed by atoms with Gasteiger partial charge in [0, 0.05) is 5.92 Å². The molecule has 0 saturated carbocycles. The number of aliphatic hydroxyl groups excluding tert-OH is 2. The maximum absolute atomic E-state index is 9.71. The third-order valence-electron chi connectivity index (χ3n) is 2.56. The SMILES string of the molecule is C=CCO[C@H]1OC(C)[C@H](O)C(C)[C@H]1O. The highest BCUT2D eigenvalue weighted by Gasteiger charge is 2.40. The molecule has 1 aliphatic heterocycles. The Morgan fingerprint density at radius 1 is 1.36 bits per heavy atom. The number of rotatable bonds is 3. The zero-order chi connectivity index (χ0) is 10.7. The Morgan fingerprint density at radius 2 is 2.00 bits per heavy atom. The van der Waals surface area contributed by atoms with Crippen LogP contribution in [0.4, 0.5) is 0 Å². The summed E-state index contributed by atoms with van der Waals surface area (Å²) < 4.78 is 10.5. The summed E-state index contributed by atoms with van der Waals surface area (Å²) in [4.78, 5) is 0. The van der Waals surface area contributed by atoms with Gasteiger partial charge in [-0.25, -0.2) is 0 Å². The van der Waals surface area contributed by atoms with Gasteiger partial charge in [-0.3, -0.25) is 0 Å². The van der Waals surface area contributed by atoms with Crippen molar-refractivity contribution in [3.05, 3.63) is 12.7 Å². The lowest BCUT2D eigenvalue weighted by Gasteiger charge is -2.39. The molecule has 0 radical (unpaired) electrons.